The zero-order valence-corrected chi connectivity index (χ0v) is 20.2. The lowest BCUT2D eigenvalue weighted by Gasteiger charge is -2.14. The van der Waals surface area contributed by atoms with Crippen LogP contribution in [0.25, 0.3) is 6.08 Å². The van der Waals surface area contributed by atoms with Gasteiger partial charge in [0.25, 0.3) is 11.8 Å². The molecule has 1 fully saturated rings. The highest BCUT2D eigenvalue weighted by Crippen LogP contribution is 2.32. The van der Waals surface area contributed by atoms with Crippen LogP contribution in [0.1, 0.15) is 35.7 Å². The minimum atomic E-state index is -0.466. The van der Waals surface area contributed by atoms with Crippen LogP contribution in [0.3, 0.4) is 0 Å². The molecule has 9 heteroatoms. The second-order valence-electron chi connectivity index (χ2n) is 7.25. The van der Waals surface area contributed by atoms with E-state index >= 15 is 0 Å². The first-order valence-electron chi connectivity index (χ1n) is 10.2. The van der Waals surface area contributed by atoms with E-state index in [0.717, 1.165) is 11.1 Å². The Labute approximate surface area is 207 Å². The number of allylic oxidation sites excluding steroid dienone is 2. The van der Waals surface area contributed by atoms with Crippen LogP contribution in [0, 0.1) is 0 Å². The van der Waals surface area contributed by atoms with Crippen LogP contribution in [0.5, 0.6) is 0 Å². The van der Waals surface area contributed by atoms with E-state index < -0.39 is 5.91 Å². The number of rotatable bonds is 7. The van der Waals surface area contributed by atoms with Crippen molar-refractivity contribution in [1.29, 1.82) is 0 Å². The summed E-state index contributed by atoms with van der Waals surface area (Å²) < 4.78 is 0.466. The largest absolute Gasteiger partial charge is 0.293 e. The molecule has 1 heterocycles. The highest BCUT2D eigenvalue weighted by atomic mass is 35.5. The first-order valence-corrected chi connectivity index (χ1v) is 11.8. The third kappa shape index (κ3) is 7.28. The van der Waals surface area contributed by atoms with E-state index in [4.69, 9.17) is 23.8 Å². The predicted molar refractivity (Wildman–Crippen MR) is 136 cm³/mol. The van der Waals surface area contributed by atoms with Crippen molar-refractivity contribution in [3.63, 3.8) is 0 Å². The van der Waals surface area contributed by atoms with Crippen LogP contribution >= 0.6 is 35.6 Å². The molecule has 1 aliphatic rings. The molecule has 2 aromatic rings. The molecule has 0 bridgehead atoms. The van der Waals surface area contributed by atoms with E-state index in [1.54, 1.807) is 18.2 Å². The molecule has 0 aromatic heterocycles. The average molecular weight is 500 g/mol. The maximum Gasteiger partial charge on any atom is 0.269 e. The number of amides is 3. The van der Waals surface area contributed by atoms with Crippen molar-refractivity contribution >= 4 is 63.7 Å². The minimum Gasteiger partial charge on any atom is -0.293 e. The molecule has 0 spiro atoms. The summed E-state index contributed by atoms with van der Waals surface area (Å²) in [6.07, 6.45) is 4.34. The van der Waals surface area contributed by atoms with Gasteiger partial charge in [0.15, 0.2) is 0 Å². The minimum absolute atomic E-state index is 0.124. The molecule has 6 nitrogen and oxygen atoms in total. The fourth-order valence-corrected chi connectivity index (χ4v) is 4.59. The molecule has 3 amide bonds. The number of carbonyl (C=O) groups is 3. The van der Waals surface area contributed by atoms with Crippen molar-refractivity contribution in [3.05, 3.63) is 87.3 Å². The number of thioether (sulfide) groups is 1. The molecule has 0 aliphatic carbocycles. The smallest absolute Gasteiger partial charge is 0.269 e. The number of nitrogens with one attached hydrogen (secondary N) is 2. The molecule has 0 radical (unpaired) electrons. The Kier molecular flexibility index (Phi) is 8.82. The molecule has 1 aliphatic heterocycles. The van der Waals surface area contributed by atoms with Gasteiger partial charge in [-0.3, -0.25) is 30.1 Å². The average Bonchev–Trinajstić information content (AvgIpc) is 3.05. The number of thiocarbonyl (C=S) groups is 1. The van der Waals surface area contributed by atoms with Crippen LogP contribution < -0.4 is 10.9 Å². The zero-order chi connectivity index (χ0) is 23.8. The topological polar surface area (TPSA) is 78.5 Å². The highest BCUT2D eigenvalue weighted by molar-refractivity contribution is 8.26. The molecule has 2 N–H and O–H groups in total. The van der Waals surface area contributed by atoms with Crippen LogP contribution in [-0.4, -0.2) is 33.5 Å². The van der Waals surface area contributed by atoms with Crippen molar-refractivity contribution in [2.45, 2.75) is 19.8 Å². The fourth-order valence-electron chi connectivity index (χ4n) is 3.04. The molecule has 170 valence electrons. The van der Waals surface area contributed by atoms with Crippen LogP contribution in [0.4, 0.5) is 0 Å². The van der Waals surface area contributed by atoms with Gasteiger partial charge in [-0.1, -0.05) is 78.1 Å². The maximum atomic E-state index is 12.7. The lowest BCUT2D eigenvalue weighted by Crippen LogP contribution is -2.41. The third-order valence-corrected chi connectivity index (χ3v) is 6.23. The second-order valence-corrected chi connectivity index (χ2v) is 9.36. The molecule has 0 atom stereocenters. The quantitative estimate of drug-likeness (QED) is 0.327. The van der Waals surface area contributed by atoms with Crippen LogP contribution in [0.2, 0.25) is 5.02 Å². The SMILES string of the molecule is CC(=Cc1ccccc1)C=C1SC(=S)N(CCCC(=O)NNC(=O)c2cccc(Cl)c2)C1=O. The number of hydrogen-bond acceptors (Lipinski definition) is 5. The van der Waals surface area contributed by atoms with Crippen molar-refractivity contribution < 1.29 is 14.4 Å². The molecule has 3 rings (SSSR count). The van der Waals surface area contributed by atoms with Crippen LogP contribution in [0.15, 0.2) is 71.2 Å². The standard InChI is InChI=1S/C24H22ClN3O3S2/c1-16(13-17-7-3-2-4-8-17)14-20-23(31)28(24(32)33-20)12-6-11-21(29)26-27-22(30)18-9-5-10-19(25)15-18/h2-5,7-10,13-15H,6,11-12H2,1H3,(H,26,29)(H,27,30). The van der Waals surface area contributed by atoms with Gasteiger partial charge in [0.1, 0.15) is 4.32 Å². The normalized spacial score (nSPS) is 15.2. The van der Waals surface area contributed by atoms with Gasteiger partial charge in [-0.2, -0.15) is 0 Å². The summed E-state index contributed by atoms with van der Waals surface area (Å²) in [5, 5.41) is 0.428. The van der Waals surface area contributed by atoms with Gasteiger partial charge >= 0.3 is 0 Å². The van der Waals surface area contributed by atoms with Crippen molar-refractivity contribution in [1.82, 2.24) is 15.8 Å². The third-order valence-electron chi connectivity index (χ3n) is 4.61. The van der Waals surface area contributed by atoms with E-state index in [9.17, 15) is 14.4 Å². The van der Waals surface area contributed by atoms with E-state index in [0.29, 0.717) is 32.8 Å². The van der Waals surface area contributed by atoms with Gasteiger partial charge in [0.2, 0.25) is 5.91 Å². The Balaban J connectivity index is 1.46. The molecule has 0 unspecified atom stereocenters. The fraction of sp³-hybridized carbons (Fsp3) is 0.167. The van der Waals surface area contributed by atoms with Gasteiger partial charge in [0, 0.05) is 23.6 Å². The van der Waals surface area contributed by atoms with Gasteiger partial charge in [-0.05, 0) is 48.8 Å². The molecular weight excluding hydrogens is 478 g/mol. The summed E-state index contributed by atoms with van der Waals surface area (Å²) in [7, 11) is 0. The number of benzene rings is 2. The Bertz CT molecular complexity index is 1130. The number of carbonyl (C=O) groups excluding carboxylic acids is 3. The molecular formula is C24H22ClN3O3S2. The number of halogens is 1. The molecule has 33 heavy (non-hydrogen) atoms. The number of hydrazine groups is 1. The lowest BCUT2D eigenvalue weighted by molar-refractivity contribution is -0.124. The predicted octanol–water partition coefficient (Wildman–Crippen LogP) is 4.73. The summed E-state index contributed by atoms with van der Waals surface area (Å²) in [5.41, 5.74) is 7.04. The van der Waals surface area contributed by atoms with E-state index in [1.165, 1.54) is 22.7 Å². The molecule has 0 saturated carbocycles. The maximum absolute atomic E-state index is 12.7. The van der Waals surface area contributed by atoms with Crippen LogP contribution in [-0.2, 0) is 9.59 Å². The lowest BCUT2D eigenvalue weighted by atomic mass is 10.1. The van der Waals surface area contributed by atoms with Crippen molar-refractivity contribution in [3.8, 4) is 0 Å². The Hall–Kier alpha value is -2.94. The van der Waals surface area contributed by atoms with Gasteiger partial charge < -0.3 is 0 Å². The molecule has 2 aromatic carbocycles. The Morgan fingerprint density at radius 1 is 1.12 bits per heavy atom. The summed E-state index contributed by atoms with van der Waals surface area (Å²) in [6, 6.07) is 16.2. The Morgan fingerprint density at radius 2 is 1.88 bits per heavy atom. The highest BCUT2D eigenvalue weighted by Gasteiger charge is 2.31. The molecule has 1 saturated heterocycles. The van der Waals surface area contributed by atoms with Gasteiger partial charge in [-0.15, -0.1) is 0 Å². The summed E-state index contributed by atoms with van der Waals surface area (Å²) in [6.45, 7) is 2.25. The summed E-state index contributed by atoms with van der Waals surface area (Å²) in [5.74, 6) is -1.000. The first kappa shape index (κ1) is 24.7. The second kappa shape index (κ2) is 11.8. The first-order chi connectivity index (χ1) is 15.8. The monoisotopic (exact) mass is 499 g/mol. The Morgan fingerprint density at radius 3 is 2.61 bits per heavy atom. The zero-order valence-electron chi connectivity index (χ0n) is 17.8. The summed E-state index contributed by atoms with van der Waals surface area (Å²) in [4.78, 5) is 38.9. The van der Waals surface area contributed by atoms with E-state index in [1.807, 2.05) is 49.4 Å². The number of hydrogen-bond donors (Lipinski definition) is 2. The van der Waals surface area contributed by atoms with Gasteiger partial charge in [-0.25, -0.2) is 0 Å². The summed E-state index contributed by atoms with van der Waals surface area (Å²) >= 11 is 12.5. The van der Waals surface area contributed by atoms with E-state index in [2.05, 4.69) is 10.9 Å². The number of nitrogens with zero attached hydrogens (tertiary/aromatic N) is 1. The van der Waals surface area contributed by atoms with E-state index in [-0.39, 0.29) is 18.2 Å². The van der Waals surface area contributed by atoms with Crippen molar-refractivity contribution in [2.75, 3.05) is 6.54 Å². The van der Waals surface area contributed by atoms with Gasteiger partial charge in [0.05, 0.1) is 4.91 Å². The van der Waals surface area contributed by atoms with Crippen molar-refractivity contribution in [2.24, 2.45) is 0 Å².